The van der Waals surface area contributed by atoms with E-state index >= 15 is 0 Å². The number of aromatic carboxylic acids is 1. The topological polar surface area (TPSA) is 168 Å². The van der Waals surface area contributed by atoms with Crippen molar-refractivity contribution in [3.05, 3.63) is 58.7 Å². The Bertz CT molecular complexity index is 1370. The summed E-state index contributed by atoms with van der Waals surface area (Å²) in [6.07, 6.45) is 1.91. The van der Waals surface area contributed by atoms with Crippen molar-refractivity contribution in [3.63, 3.8) is 0 Å². The van der Waals surface area contributed by atoms with Crippen LogP contribution in [0, 0.1) is 29.1 Å². The minimum Gasteiger partial charge on any atom is -0.478 e. The van der Waals surface area contributed by atoms with Crippen LogP contribution in [0.1, 0.15) is 61.8 Å². The number of carboxylic acids is 1. The van der Waals surface area contributed by atoms with Crippen molar-refractivity contribution in [3.8, 4) is 0 Å². The van der Waals surface area contributed by atoms with E-state index in [0.717, 1.165) is 0 Å². The van der Waals surface area contributed by atoms with Crippen molar-refractivity contribution in [1.29, 1.82) is 0 Å². The van der Waals surface area contributed by atoms with E-state index in [1.165, 1.54) is 31.2 Å². The minimum absolute atomic E-state index is 0.00412. The van der Waals surface area contributed by atoms with E-state index in [0.29, 0.717) is 11.1 Å². The number of rotatable bonds is 5. The molecule has 10 heteroatoms. The van der Waals surface area contributed by atoms with E-state index in [1.807, 2.05) is 13.8 Å². The lowest BCUT2D eigenvalue weighted by molar-refractivity contribution is -0.220. The molecule has 1 aromatic rings. The minimum atomic E-state index is -2.00. The van der Waals surface area contributed by atoms with Gasteiger partial charge in [0.1, 0.15) is 11.7 Å². The molecule has 0 aliphatic heterocycles. The molecule has 0 amide bonds. The number of carbonyl (C=O) groups is 4. The summed E-state index contributed by atoms with van der Waals surface area (Å²) < 4.78 is 12.0. The SMILES string of the molecule is CC(=O)O[C@@H]1[C@@H](C)[C@@]2(O)[C@@H](C=C(CO)C[C@]3(O)C(=O)C(C)=C[C@@H]23)[C@@H]2C(C)(C)[C@]12OC(=O)c1ccc(C(=O)O)cc1. The van der Waals surface area contributed by atoms with Crippen molar-refractivity contribution < 1.29 is 49.1 Å². The zero-order valence-electron chi connectivity index (χ0n) is 23.0. The lowest BCUT2D eigenvalue weighted by Crippen LogP contribution is -2.66. The number of fused-ring (bicyclic) bond motifs is 5. The van der Waals surface area contributed by atoms with E-state index in [4.69, 9.17) is 9.47 Å². The van der Waals surface area contributed by atoms with Crippen LogP contribution in [-0.2, 0) is 19.1 Å². The Morgan fingerprint density at radius 1 is 1.05 bits per heavy atom. The summed E-state index contributed by atoms with van der Waals surface area (Å²) in [5.41, 5.74) is -5.32. The summed E-state index contributed by atoms with van der Waals surface area (Å²) in [7, 11) is 0. The van der Waals surface area contributed by atoms with Gasteiger partial charge >= 0.3 is 17.9 Å². The smallest absolute Gasteiger partial charge is 0.338 e. The number of carboxylic acid groups (broad SMARTS) is 1. The zero-order valence-corrected chi connectivity index (χ0v) is 23.0. The fraction of sp³-hybridized carbons (Fsp3) is 0.533. The number of benzene rings is 1. The average Bonchev–Trinajstić information content (AvgIpc) is 3.32. The van der Waals surface area contributed by atoms with Crippen LogP contribution in [0.25, 0.3) is 0 Å². The number of ether oxygens (including phenoxy) is 2. The predicted octanol–water partition coefficient (Wildman–Crippen LogP) is 2.06. The highest BCUT2D eigenvalue weighted by Crippen LogP contribution is 2.77. The Labute approximate surface area is 231 Å². The number of esters is 2. The monoisotopic (exact) mass is 554 g/mol. The van der Waals surface area contributed by atoms with Crippen LogP contribution in [0.15, 0.2) is 47.6 Å². The van der Waals surface area contributed by atoms with Crippen LogP contribution in [0.5, 0.6) is 0 Å². The van der Waals surface area contributed by atoms with E-state index in [9.17, 15) is 39.6 Å². The maximum atomic E-state index is 13.5. The molecular formula is C30H34O10. The molecule has 2 fully saturated rings. The molecule has 0 aromatic heterocycles. The highest BCUT2D eigenvalue weighted by molar-refractivity contribution is 6.05. The first-order valence-electron chi connectivity index (χ1n) is 13.3. The summed E-state index contributed by atoms with van der Waals surface area (Å²) in [4.78, 5) is 50.3. The number of aliphatic hydroxyl groups excluding tert-OH is 1. The van der Waals surface area contributed by atoms with Crippen LogP contribution >= 0.6 is 0 Å². The molecule has 0 unspecified atom stereocenters. The van der Waals surface area contributed by atoms with Crippen LogP contribution in [0.2, 0.25) is 0 Å². The number of Topliss-reactive ketones (excluding diaryl/α,β-unsaturated/α-hetero) is 1. The van der Waals surface area contributed by atoms with Crippen LogP contribution in [-0.4, -0.2) is 73.6 Å². The van der Waals surface area contributed by atoms with E-state index in [-0.39, 0.29) is 17.5 Å². The molecule has 40 heavy (non-hydrogen) atoms. The van der Waals surface area contributed by atoms with Crippen LogP contribution in [0.4, 0.5) is 0 Å². The second-order valence-electron chi connectivity index (χ2n) is 12.2. The summed E-state index contributed by atoms with van der Waals surface area (Å²) >= 11 is 0. The van der Waals surface area contributed by atoms with E-state index in [1.54, 1.807) is 26.0 Å². The lowest BCUT2D eigenvalue weighted by Gasteiger charge is -2.53. The second-order valence-corrected chi connectivity index (χ2v) is 12.2. The van der Waals surface area contributed by atoms with Gasteiger partial charge in [-0.25, -0.2) is 9.59 Å². The van der Waals surface area contributed by atoms with Gasteiger partial charge in [0.2, 0.25) is 0 Å². The molecule has 4 N–H and O–H groups in total. The molecule has 4 aliphatic carbocycles. The molecule has 10 nitrogen and oxygen atoms in total. The largest absolute Gasteiger partial charge is 0.478 e. The Balaban J connectivity index is 1.65. The van der Waals surface area contributed by atoms with Crippen molar-refractivity contribution in [2.75, 3.05) is 6.61 Å². The third-order valence-corrected chi connectivity index (χ3v) is 9.88. The van der Waals surface area contributed by atoms with Gasteiger partial charge in [-0.2, -0.15) is 0 Å². The molecule has 214 valence electrons. The molecule has 0 spiro atoms. The van der Waals surface area contributed by atoms with Crippen LogP contribution < -0.4 is 0 Å². The standard InChI is InChI=1S/C30H34O10/c1-14-10-21-28(37,23(14)33)12-17(13-31)11-20-22-27(4,5)30(22,24(39-16(3)32)15(2)29(20,21)38)40-26(36)19-8-6-18(7-9-19)25(34)35/h6-11,15,20-22,24,31,37-38H,12-13H2,1-5H3,(H,34,35)/t15-,20+,21-,22-,24-,28-,29-,30-/m1/s1. The second kappa shape index (κ2) is 8.83. The molecule has 1 aromatic carbocycles. The Morgan fingerprint density at radius 2 is 1.65 bits per heavy atom. The van der Waals surface area contributed by atoms with Gasteiger partial charge in [-0.05, 0) is 42.3 Å². The molecule has 8 atom stereocenters. The van der Waals surface area contributed by atoms with Crippen molar-refractivity contribution >= 4 is 23.7 Å². The average molecular weight is 555 g/mol. The maximum Gasteiger partial charge on any atom is 0.338 e. The third kappa shape index (κ3) is 3.52. The fourth-order valence-electron chi connectivity index (χ4n) is 7.96. The molecule has 5 rings (SSSR count). The highest BCUT2D eigenvalue weighted by atomic mass is 16.6. The molecular weight excluding hydrogens is 520 g/mol. The number of carbonyl (C=O) groups excluding carboxylic acids is 3. The molecule has 4 aliphatic rings. The van der Waals surface area contributed by atoms with Gasteiger partial charge < -0.3 is 29.9 Å². The summed E-state index contributed by atoms with van der Waals surface area (Å²) in [6.45, 7) is 7.63. The summed E-state index contributed by atoms with van der Waals surface area (Å²) in [5, 5.41) is 43.7. The van der Waals surface area contributed by atoms with Gasteiger partial charge in [0.15, 0.2) is 11.4 Å². The van der Waals surface area contributed by atoms with Crippen molar-refractivity contribution in [2.45, 2.75) is 63.9 Å². The Kier molecular flexibility index (Phi) is 6.22. The molecule has 0 radical (unpaired) electrons. The summed E-state index contributed by atoms with van der Waals surface area (Å²) in [6, 6.07) is 5.24. The van der Waals surface area contributed by atoms with Gasteiger partial charge in [-0.15, -0.1) is 0 Å². The van der Waals surface area contributed by atoms with Crippen molar-refractivity contribution in [1.82, 2.24) is 0 Å². The normalized spacial score (nSPS) is 39.0. The fourth-order valence-corrected chi connectivity index (χ4v) is 7.96. The predicted molar refractivity (Wildman–Crippen MR) is 139 cm³/mol. The van der Waals surface area contributed by atoms with Gasteiger partial charge in [-0.1, -0.05) is 32.9 Å². The molecule has 0 saturated heterocycles. The molecule has 2 saturated carbocycles. The number of hydrogen-bond acceptors (Lipinski definition) is 9. The molecule has 0 bridgehead atoms. The molecule has 0 heterocycles. The first-order valence-corrected chi connectivity index (χ1v) is 13.3. The van der Waals surface area contributed by atoms with E-state index in [2.05, 4.69) is 0 Å². The zero-order chi connectivity index (χ0) is 29.6. The Morgan fingerprint density at radius 3 is 2.20 bits per heavy atom. The third-order valence-electron chi connectivity index (χ3n) is 9.88. The lowest BCUT2D eigenvalue weighted by atomic mass is 9.59. The number of aliphatic hydroxyl groups is 3. The first kappa shape index (κ1) is 28.2. The Hall–Kier alpha value is -3.34. The van der Waals surface area contributed by atoms with Gasteiger partial charge in [0.25, 0.3) is 0 Å². The quantitative estimate of drug-likeness (QED) is 0.312. The highest BCUT2D eigenvalue weighted by Gasteiger charge is 2.88. The van der Waals surface area contributed by atoms with Crippen molar-refractivity contribution in [2.24, 2.45) is 29.1 Å². The van der Waals surface area contributed by atoms with Gasteiger partial charge in [-0.3, -0.25) is 9.59 Å². The maximum absolute atomic E-state index is 13.5. The summed E-state index contributed by atoms with van der Waals surface area (Å²) in [5.74, 6) is -6.51. The number of ketones is 1. The van der Waals surface area contributed by atoms with Gasteiger partial charge in [0, 0.05) is 42.4 Å². The number of hydrogen-bond donors (Lipinski definition) is 4. The first-order chi connectivity index (χ1) is 18.6. The van der Waals surface area contributed by atoms with Crippen LogP contribution in [0.3, 0.4) is 0 Å². The van der Waals surface area contributed by atoms with E-state index < -0.39 is 82.3 Å². The van der Waals surface area contributed by atoms with Gasteiger partial charge in [0.05, 0.1) is 23.3 Å².